The summed E-state index contributed by atoms with van der Waals surface area (Å²) < 4.78 is 27.7. The van der Waals surface area contributed by atoms with Crippen LogP contribution in [0.1, 0.15) is 11.3 Å². The summed E-state index contributed by atoms with van der Waals surface area (Å²) in [6.45, 7) is 1.87. The van der Waals surface area contributed by atoms with Crippen LogP contribution in [0.2, 0.25) is 0 Å². The van der Waals surface area contributed by atoms with Gasteiger partial charge in [-0.1, -0.05) is 0 Å². The van der Waals surface area contributed by atoms with E-state index in [1.165, 1.54) is 13.0 Å². The van der Waals surface area contributed by atoms with E-state index in [1.807, 2.05) is 6.07 Å². The standard InChI is InChI=1S/C13H11BrF2N2/c1-8-4-12(16)13(5-11(8)15)18-7-10-3-2-9(14)6-17-10/h2-6,18H,7H2,1H3. The molecule has 1 N–H and O–H groups in total. The first-order chi connectivity index (χ1) is 8.56. The highest BCUT2D eigenvalue weighted by Crippen LogP contribution is 2.19. The lowest BCUT2D eigenvalue weighted by atomic mass is 10.2. The van der Waals surface area contributed by atoms with E-state index < -0.39 is 11.6 Å². The number of nitrogens with one attached hydrogen (secondary N) is 1. The molecule has 1 aromatic heterocycles. The summed E-state index contributed by atoms with van der Waals surface area (Å²) in [5.74, 6) is -0.895. The Balaban J connectivity index is 2.10. The van der Waals surface area contributed by atoms with Crippen molar-refractivity contribution in [1.82, 2.24) is 4.98 Å². The molecule has 0 radical (unpaired) electrons. The Hall–Kier alpha value is -1.49. The molecule has 0 fully saturated rings. The molecule has 2 rings (SSSR count). The SMILES string of the molecule is Cc1cc(F)c(NCc2ccc(Br)cn2)cc1F. The summed E-state index contributed by atoms with van der Waals surface area (Å²) >= 11 is 3.28. The summed E-state index contributed by atoms with van der Waals surface area (Å²) in [6.07, 6.45) is 1.66. The van der Waals surface area contributed by atoms with Gasteiger partial charge in [-0.25, -0.2) is 8.78 Å². The Bertz CT molecular complexity index is 556. The number of rotatable bonds is 3. The molecule has 0 saturated heterocycles. The van der Waals surface area contributed by atoms with E-state index in [-0.39, 0.29) is 5.69 Å². The van der Waals surface area contributed by atoms with Crippen LogP contribution in [0.4, 0.5) is 14.5 Å². The van der Waals surface area contributed by atoms with Crippen LogP contribution in [0.3, 0.4) is 0 Å². The third kappa shape index (κ3) is 3.04. The molecule has 18 heavy (non-hydrogen) atoms. The lowest BCUT2D eigenvalue weighted by Crippen LogP contribution is -2.04. The lowest BCUT2D eigenvalue weighted by Gasteiger charge is -2.08. The molecule has 0 aliphatic heterocycles. The maximum absolute atomic E-state index is 13.5. The maximum Gasteiger partial charge on any atom is 0.146 e. The molecule has 0 unspecified atom stereocenters. The van der Waals surface area contributed by atoms with Gasteiger partial charge in [0.25, 0.3) is 0 Å². The van der Waals surface area contributed by atoms with Gasteiger partial charge in [-0.05, 0) is 46.6 Å². The highest BCUT2D eigenvalue weighted by molar-refractivity contribution is 9.10. The first-order valence-electron chi connectivity index (χ1n) is 5.36. The average Bonchev–Trinajstić information content (AvgIpc) is 2.34. The number of nitrogens with zero attached hydrogens (tertiary/aromatic N) is 1. The quantitative estimate of drug-likeness (QED) is 0.925. The molecule has 1 heterocycles. The van der Waals surface area contributed by atoms with Gasteiger partial charge in [-0.2, -0.15) is 0 Å². The zero-order valence-corrected chi connectivity index (χ0v) is 11.3. The highest BCUT2D eigenvalue weighted by atomic mass is 79.9. The Morgan fingerprint density at radius 1 is 1.22 bits per heavy atom. The Labute approximate surface area is 112 Å². The van der Waals surface area contributed by atoms with Crippen molar-refractivity contribution in [3.05, 3.63) is 57.8 Å². The van der Waals surface area contributed by atoms with Crippen molar-refractivity contribution in [2.45, 2.75) is 13.5 Å². The Morgan fingerprint density at radius 2 is 2.00 bits per heavy atom. The van der Waals surface area contributed by atoms with Gasteiger partial charge in [0.2, 0.25) is 0 Å². The van der Waals surface area contributed by atoms with Crippen LogP contribution in [0.5, 0.6) is 0 Å². The van der Waals surface area contributed by atoms with E-state index in [1.54, 1.807) is 12.3 Å². The Morgan fingerprint density at radius 3 is 2.67 bits per heavy atom. The molecule has 2 aromatic rings. The number of hydrogen-bond acceptors (Lipinski definition) is 2. The summed E-state index contributed by atoms with van der Waals surface area (Å²) in [7, 11) is 0. The fraction of sp³-hybridized carbons (Fsp3) is 0.154. The van der Waals surface area contributed by atoms with Crippen LogP contribution in [-0.2, 0) is 6.54 Å². The van der Waals surface area contributed by atoms with Crippen molar-refractivity contribution in [2.75, 3.05) is 5.32 Å². The normalized spacial score (nSPS) is 10.4. The molecule has 0 atom stereocenters. The second kappa shape index (κ2) is 5.44. The molecular weight excluding hydrogens is 302 g/mol. The number of halogens is 3. The van der Waals surface area contributed by atoms with Gasteiger partial charge in [-0.15, -0.1) is 0 Å². The largest absolute Gasteiger partial charge is 0.377 e. The van der Waals surface area contributed by atoms with E-state index in [0.717, 1.165) is 16.2 Å². The third-order valence-corrected chi connectivity index (χ3v) is 2.97. The molecule has 0 bridgehead atoms. The summed E-state index contributed by atoms with van der Waals surface area (Å²) in [5.41, 5.74) is 1.18. The van der Waals surface area contributed by atoms with E-state index in [4.69, 9.17) is 0 Å². The van der Waals surface area contributed by atoms with E-state index >= 15 is 0 Å². The van der Waals surface area contributed by atoms with Crippen LogP contribution in [0.25, 0.3) is 0 Å². The molecule has 0 aliphatic rings. The highest BCUT2D eigenvalue weighted by Gasteiger charge is 2.07. The minimum Gasteiger partial charge on any atom is -0.377 e. The second-order valence-electron chi connectivity index (χ2n) is 3.90. The number of anilines is 1. The van der Waals surface area contributed by atoms with E-state index in [0.29, 0.717) is 12.1 Å². The predicted molar refractivity (Wildman–Crippen MR) is 70.4 cm³/mol. The smallest absolute Gasteiger partial charge is 0.146 e. The van der Waals surface area contributed by atoms with Crippen molar-refractivity contribution >= 4 is 21.6 Å². The Kier molecular flexibility index (Phi) is 3.91. The molecule has 1 aromatic carbocycles. The fourth-order valence-electron chi connectivity index (χ4n) is 1.48. The van der Waals surface area contributed by atoms with Crippen LogP contribution in [0, 0.1) is 18.6 Å². The molecule has 94 valence electrons. The first-order valence-corrected chi connectivity index (χ1v) is 6.15. The molecule has 0 aliphatic carbocycles. The van der Waals surface area contributed by atoms with Crippen LogP contribution in [0.15, 0.2) is 34.9 Å². The van der Waals surface area contributed by atoms with E-state index in [2.05, 4.69) is 26.2 Å². The second-order valence-corrected chi connectivity index (χ2v) is 4.82. The zero-order chi connectivity index (χ0) is 13.1. The number of aryl methyl sites for hydroxylation is 1. The molecule has 5 heteroatoms. The number of pyridine rings is 1. The van der Waals surface area contributed by atoms with Gasteiger partial charge in [-0.3, -0.25) is 4.98 Å². The van der Waals surface area contributed by atoms with Crippen molar-refractivity contribution in [2.24, 2.45) is 0 Å². The minimum atomic E-state index is -0.467. The van der Waals surface area contributed by atoms with Crippen molar-refractivity contribution in [3.63, 3.8) is 0 Å². The van der Waals surface area contributed by atoms with Crippen molar-refractivity contribution in [3.8, 4) is 0 Å². The summed E-state index contributed by atoms with van der Waals surface area (Å²) in [5, 5.41) is 2.82. The fourth-order valence-corrected chi connectivity index (χ4v) is 1.71. The topological polar surface area (TPSA) is 24.9 Å². The molecule has 2 nitrogen and oxygen atoms in total. The molecule has 0 amide bonds. The first kappa shape index (κ1) is 13.0. The summed E-state index contributed by atoms with van der Waals surface area (Å²) in [4.78, 5) is 4.14. The average molecular weight is 313 g/mol. The predicted octanol–water partition coefficient (Wildman–Crippen LogP) is 4.04. The summed E-state index contributed by atoms with van der Waals surface area (Å²) in [6, 6.07) is 5.98. The van der Waals surface area contributed by atoms with Gasteiger partial charge in [0.15, 0.2) is 0 Å². The molecule has 0 saturated carbocycles. The third-order valence-electron chi connectivity index (χ3n) is 2.50. The van der Waals surface area contributed by atoms with Crippen LogP contribution >= 0.6 is 15.9 Å². The number of benzene rings is 1. The molecule has 0 spiro atoms. The van der Waals surface area contributed by atoms with Crippen LogP contribution < -0.4 is 5.32 Å². The lowest BCUT2D eigenvalue weighted by molar-refractivity contribution is 0.594. The minimum absolute atomic E-state index is 0.141. The van der Waals surface area contributed by atoms with Crippen molar-refractivity contribution < 1.29 is 8.78 Å². The van der Waals surface area contributed by atoms with Gasteiger partial charge in [0.05, 0.1) is 17.9 Å². The van der Waals surface area contributed by atoms with Crippen LogP contribution in [-0.4, -0.2) is 4.98 Å². The zero-order valence-electron chi connectivity index (χ0n) is 9.67. The molecular formula is C13H11BrF2N2. The van der Waals surface area contributed by atoms with Gasteiger partial charge in [0.1, 0.15) is 11.6 Å². The number of hydrogen-bond donors (Lipinski definition) is 1. The van der Waals surface area contributed by atoms with Crippen molar-refractivity contribution in [1.29, 1.82) is 0 Å². The van der Waals surface area contributed by atoms with Gasteiger partial charge < -0.3 is 5.32 Å². The van der Waals surface area contributed by atoms with E-state index in [9.17, 15) is 8.78 Å². The maximum atomic E-state index is 13.5. The van der Waals surface area contributed by atoms with Gasteiger partial charge >= 0.3 is 0 Å². The monoisotopic (exact) mass is 312 g/mol. The number of aromatic nitrogens is 1. The van der Waals surface area contributed by atoms with Gasteiger partial charge in [0, 0.05) is 16.7 Å².